The minimum absolute atomic E-state index is 0.0175. The number of rotatable bonds is 4. The van der Waals surface area contributed by atoms with Crippen molar-refractivity contribution in [3.05, 3.63) is 65.1 Å². The van der Waals surface area contributed by atoms with Gasteiger partial charge in [0.25, 0.3) is 5.91 Å². The van der Waals surface area contributed by atoms with E-state index in [0.717, 1.165) is 24.2 Å². The summed E-state index contributed by atoms with van der Waals surface area (Å²) >= 11 is 0. The molecule has 1 aliphatic heterocycles. The number of hydrogen-bond acceptors (Lipinski definition) is 5. The zero-order valence-corrected chi connectivity index (χ0v) is 13.3. The van der Waals surface area contributed by atoms with Crippen LogP contribution in [-0.2, 0) is 19.5 Å². The highest BCUT2D eigenvalue weighted by atomic mass is 19.1. The number of carbonyl (C=O) groups is 1. The topological polar surface area (TPSA) is 85.0 Å². The lowest BCUT2D eigenvalue weighted by atomic mass is 10.1. The molecule has 3 aromatic rings. The summed E-state index contributed by atoms with van der Waals surface area (Å²) in [6.45, 7) is 1.37. The smallest absolute Gasteiger partial charge is 0.290 e. The molecule has 0 bridgehead atoms. The molecule has 4 rings (SSSR count). The van der Waals surface area contributed by atoms with Crippen molar-refractivity contribution in [1.82, 2.24) is 25.6 Å². The van der Waals surface area contributed by atoms with Gasteiger partial charge in [0.05, 0.1) is 11.4 Å². The fourth-order valence-electron chi connectivity index (χ4n) is 2.92. The Morgan fingerprint density at radius 3 is 3.16 bits per heavy atom. The maximum absolute atomic E-state index is 14.3. The van der Waals surface area contributed by atoms with Gasteiger partial charge in [0, 0.05) is 49.6 Å². The summed E-state index contributed by atoms with van der Waals surface area (Å²) < 4.78 is 21.0. The Labute approximate surface area is 142 Å². The van der Waals surface area contributed by atoms with Crippen LogP contribution in [0.5, 0.6) is 0 Å². The summed E-state index contributed by atoms with van der Waals surface area (Å²) in [6, 6.07) is 6.46. The van der Waals surface area contributed by atoms with E-state index in [1.807, 2.05) is 0 Å². The monoisotopic (exact) mass is 341 g/mol. The van der Waals surface area contributed by atoms with Gasteiger partial charge in [0.2, 0.25) is 5.76 Å². The molecule has 2 aromatic heterocycles. The lowest BCUT2D eigenvalue weighted by Gasteiger charge is -2.13. The van der Waals surface area contributed by atoms with E-state index in [4.69, 9.17) is 4.52 Å². The predicted molar refractivity (Wildman–Crippen MR) is 86.6 cm³/mol. The van der Waals surface area contributed by atoms with Crippen LogP contribution in [0.1, 0.15) is 27.4 Å². The van der Waals surface area contributed by atoms with E-state index in [1.165, 1.54) is 6.07 Å². The van der Waals surface area contributed by atoms with Crippen LogP contribution in [0.4, 0.5) is 4.39 Å². The Bertz CT molecular complexity index is 904. The van der Waals surface area contributed by atoms with Gasteiger partial charge in [-0.25, -0.2) is 9.07 Å². The molecule has 0 spiro atoms. The molecule has 2 N–H and O–H groups in total. The number of nitrogens with zero attached hydrogens (tertiary/aromatic N) is 3. The van der Waals surface area contributed by atoms with Gasteiger partial charge in [-0.3, -0.25) is 4.79 Å². The van der Waals surface area contributed by atoms with Crippen LogP contribution in [0.3, 0.4) is 0 Å². The lowest BCUT2D eigenvalue weighted by Crippen LogP contribution is -2.28. The summed E-state index contributed by atoms with van der Waals surface area (Å²) in [5, 5.41) is 14.0. The molecule has 128 valence electrons. The van der Waals surface area contributed by atoms with Gasteiger partial charge in [-0.05, 0) is 18.2 Å². The highest BCUT2D eigenvalue weighted by molar-refractivity contribution is 5.93. The largest absolute Gasteiger partial charge is 0.350 e. The van der Waals surface area contributed by atoms with E-state index in [-0.39, 0.29) is 12.3 Å². The van der Waals surface area contributed by atoms with Crippen molar-refractivity contribution < 1.29 is 13.7 Å². The Hall–Kier alpha value is -3.00. The van der Waals surface area contributed by atoms with E-state index in [1.54, 1.807) is 35.3 Å². The molecule has 8 heteroatoms. The number of fused-ring (bicyclic) bond motifs is 1. The molecule has 0 fully saturated rings. The molecule has 25 heavy (non-hydrogen) atoms. The van der Waals surface area contributed by atoms with Gasteiger partial charge in [0.1, 0.15) is 5.82 Å². The zero-order chi connectivity index (χ0) is 17.2. The zero-order valence-electron chi connectivity index (χ0n) is 13.3. The van der Waals surface area contributed by atoms with Crippen LogP contribution < -0.4 is 10.6 Å². The summed E-state index contributed by atoms with van der Waals surface area (Å²) in [6.07, 6.45) is 4.06. The first-order valence-corrected chi connectivity index (χ1v) is 7.98. The lowest BCUT2D eigenvalue weighted by molar-refractivity contribution is 0.0912. The molecule has 0 aliphatic carbocycles. The maximum Gasteiger partial charge on any atom is 0.290 e. The number of carbonyl (C=O) groups excluding carboxylic acids is 1. The molecule has 3 heterocycles. The maximum atomic E-state index is 14.3. The molecule has 7 nitrogen and oxygen atoms in total. The first-order valence-electron chi connectivity index (χ1n) is 7.98. The molecule has 1 aliphatic rings. The highest BCUT2D eigenvalue weighted by Gasteiger charge is 2.24. The Morgan fingerprint density at radius 1 is 1.40 bits per heavy atom. The van der Waals surface area contributed by atoms with Gasteiger partial charge >= 0.3 is 0 Å². The fourth-order valence-corrected chi connectivity index (χ4v) is 2.92. The number of halogens is 1. The molecule has 1 amide bonds. The minimum atomic E-state index is -0.410. The van der Waals surface area contributed by atoms with Crippen molar-refractivity contribution in [3.8, 4) is 5.69 Å². The number of aromatic nitrogens is 3. The second-order valence-electron chi connectivity index (χ2n) is 5.73. The van der Waals surface area contributed by atoms with Crippen molar-refractivity contribution in [2.75, 3.05) is 6.54 Å². The van der Waals surface area contributed by atoms with Crippen LogP contribution in [0.15, 0.2) is 41.2 Å². The van der Waals surface area contributed by atoms with Gasteiger partial charge < -0.3 is 15.2 Å². The summed E-state index contributed by atoms with van der Waals surface area (Å²) in [4.78, 5) is 12.4. The second-order valence-corrected chi connectivity index (χ2v) is 5.73. The molecular weight excluding hydrogens is 325 g/mol. The standard InChI is InChI=1S/C17H16FN5O2/c18-13-3-1-4-15(23-8-2-6-21-23)11(13)10-20-17(24)16-12-9-19-7-5-14(12)22-25-16/h1-4,6,8,19H,5,7,9-10H2,(H,20,24). The number of nitrogens with one attached hydrogen (secondary N) is 2. The number of hydrogen-bond donors (Lipinski definition) is 2. The quantitative estimate of drug-likeness (QED) is 0.752. The van der Waals surface area contributed by atoms with Crippen molar-refractivity contribution in [2.24, 2.45) is 0 Å². The summed E-state index contributed by atoms with van der Waals surface area (Å²) in [7, 11) is 0. The van der Waals surface area contributed by atoms with Gasteiger partial charge in [-0.2, -0.15) is 5.10 Å². The van der Waals surface area contributed by atoms with Gasteiger partial charge in [0.15, 0.2) is 0 Å². The van der Waals surface area contributed by atoms with Crippen molar-refractivity contribution in [2.45, 2.75) is 19.5 Å². The van der Waals surface area contributed by atoms with E-state index in [2.05, 4.69) is 20.9 Å². The molecule has 0 atom stereocenters. The molecule has 0 radical (unpaired) electrons. The summed E-state index contributed by atoms with van der Waals surface area (Å²) in [5.41, 5.74) is 2.49. The Balaban J connectivity index is 1.56. The minimum Gasteiger partial charge on any atom is -0.350 e. The SMILES string of the molecule is O=C(NCc1c(F)cccc1-n1cccn1)c1onc2c1CNCC2. The van der Waals surface area contributed by atoms with Crippen LogP contribution in [0, 0.1) is 5.82 Å². The number of amides is 1. The highest BCUT2D eigenvalue weighted by Crippen LogP contribution is 2.20. The first-order chi connectivity index (χ1) is 12.2. The summed E-state index contributed by atoms with van der Waals surface area (Å²) in [5.74, 6) is -0.638. The third-order valence-corrected chi connectivity index (χ3v) is 4.19. The van der Waals surface area contributed by atoms with E-state index in [0.29, 0.717) is 17.8 Å². The van der Waals surface area contributed by atoms with Crippen molar-refractivity contribution in [1.29, 1.82) is 0 Å². The van der Waals surface area contributed by atoms with Crippen LogP contribution in [0.2, 0.25) is 0 Å². The first kappa shape index (κ1) is 15.5. The predicted octanol–water partition coefficient (Wildman–Crippen LogP) is 1.58. The normalized spacial score (nSPS) is 13.5. The third kappa shape index (κ3) is 2.91. The third-order valence-electron chi connectivity index (χ3n) is 4.19. The van der Waals surface area contributed by atoms with E-state index >= 15 is 0 Å². The molecule has 0 saturated heterocycles. The van der Waals surface area contributed by atoms with E-state index < -0.39 is 11.7 Å². The van der Waals surface area contributed by atoms with Crippen LogP contribution in [0.25, 0.3) is 5.69 Å². The molecular formula is C17H16FN5O2. The van der Waals surface area contributed by atoms with Crippen LogP contribution in [-0.4, -0.2) is 27.4 Å². The Kier molecular flexibility index (Phi) is 4.02. The molecule has 1 aromatic carbocycles. The average molecular weight is 341 g/mol. The fraction of sp³-hybridized carbons (Fsp3) is 0.235. The molecule has 0 unspecified atom stereocenters. The van der Waals surface area contributed by atoms with Gasteiger partial charge in [-0.1, -0.05) is 11.2 Å². The van der Waals surface area contributed by atoms with Crippen molar-refractivity contribution in [3.63, 3.8) is 0 Å². The average Bonchev–Trinajstić information content (AvgIpc) is 3.30. The van der Waals surface area contributed by atoms with Gasteiger partial charge in [-0.15, -0.1) is 0 Å². The number of benzene rings is 1. The van der Waals surface area contributed by atoms with E-state index in [9.17, 15) is 9.18 Å². The van der Waals surface area contributed by atoms with Crippen LogP contribution >= 0.6 is 0 Å². The second kappa shape index (κ2) is 6.48. The molecule has 0 saturated carbocycles. The Morgan fingerprint density at radius 2 is 2.32 bits per heavy atom. The van der Waals surface area contributed by atoms with Crippen molar-refractivity contribution >= 4 is 5.91 Å².